The lowest BCUT2D eigenvalue weighted by Gasteiger charge is -1.98. The van der Waals surface area contributed by atoms with Gasteiger partial charge in [0.05, 0.1) is 19.3 Å². The molecule has 2 atom stereocenters. The fraction of sp³-hybridized carbons (Fsp3) is 1.00. The van der Waals surface area contributed by atoms with E-state index in [0.717, 1.165) is 0 Å². The van der Waals surface area contributed by atoms with E-state index < -0.39 is 6.17 Å². The van der Waals surface area contributed by atoms with Gasteiger partial charge in [0, 0.05) is 0 Å². The molecule has 1 heterocycles. The van der Waals surface area contributed by atoms with Crippen molar-refractivity contribution >= 4 is 0 Å². The van der Waals surface area contributed by atoms with E-state index in [4.69, 9.17) is 5.73 Å². The maximum absolute atomic E-state index is 12.1. The summed E-state index contributed by atoms with van der Waals surface area (Å²) in [5.41, 5.74) is 5.18. The Balaban J connectivity index is 2.33. The van der Waals surface area contributed by atoms with Crippen molar-refractivity contribution in [2.45, 2.75) is 12.2 Å². The van der Waals surface area contributed by atoms with E-state index in [1.54, 1.807) is 0 Å². The number of ether oxygens (including phenoxy) is 1. The maximum atomic E-state index is 12.1. The van der Waals surface area contributed by atoms with Crippen LogP contribution in [0.5, 0.6) is 0 Å². The van der Waals surface area contributed by atoms with Crippen LogP contribution in [-0.4, -0.2) is 25.4 Å². The highest BCUT2D eigenvalue weighted by molar-refractivity contribution is 4.76. The van der Waals surface area contributed by atoms with Gasteiger partial charge in [0.2, 0.25) is 0 Å². The minimum atomic E-state index is -0.931. The Bertz CT molecular complexity index is 60.7. The van der Waals surface area contributed by atoms with Crippen LogP contribution in [0.4, 0.5) is 4.39 Å². The van der Waals surface area contributed by atoms with Gasteiger partial charge in [0.25, 0.3) is 0 Å². The largest absolute Gasteiger partial charge is 0.377 e. The standard InChI is InChI=1S/C4H8FNO/c5-3-1-7-2-4(3)6/h3-4H,1-2,6H2. The van der Waals surface area contributed by atoms with Crippen LogP contribution < -0.4 is 5.73 Å². The monoisotopic (exact) mass is 105 g/mol. The smallest absolute Gasteiger partial charge is 0.141 e. The fourth-order valence-electron chi connectivity index (χ4n) is 0.545. The number of alkyl halides is 1. The van der Waals surface area contributed by atoms with Gasteiger partial charge in [0.15, 0.2) is 0 Å². The van der Waals surface area contributed by atoms with Crippen molar-refractivity contribution in [1.82, 2.24) is 0 Å². The van der Waals surface area contributed by atoms with E-state index >= 15 is 0 Å². The summed E-state index contributed by atoms with van der Waals surface area (Å²) >= 11 is 0. The molecule has 0 aromatic heterocycles. The molecule has 2 unspecified atom stereocenters. The molecule has 1 rings (SSSR count). The molecule has 0 aliphatic carbocycles. The molecule has 1 saturated heterocycles. The Kier molecular flexibility index (Phi) is 1.25. The third-order valence-electron chi connectivity index (χ3n) is 1.05. The zero-order valence-electron chi connectivity index (χ0n) is 3.93. The lowest BCUT2D eigenvalue weighted by molar-refractivity contribution is 0.173. The van der Waals surface area contributed by atoms with Gasteiger partial charge in [-0.05, 0) is 0 Å². The molecule has 0 saturated carbocycles. The molecule has 0 spiro atoms. The Hall–Kier alpha value is -0.150. The number of hydrogen-bond acceptors (Lipinski definition) is 2. The van der Waals surface area contributed by atoms with Gasteiger partial charge in [-0.3, -0.25) is 0 Å². The SMILES string of the molecule is NC1COCC1F. The molecule has 2 nitrogen and oxygen atoms in total. The van der Waals surface area contributed by atoms with Crippen molar-refractivity contribution in [1.29, 1.82) is 0 Å². The molecule has 1 aliphatic rings. The van der Waals surface area contributed by atoms with E-state index in [0.29, 0.717) is 6.61 Å². The van der Waals surface area contributed by atoms with Crippen molar-refractivity contribution < 1.29 is 9.13 Å². The Morgan fingerprint density at radius 2 is 2.29 bits per heavy atom. The molecule has 1 aliphatic heterocycles. The first-order valence-corrected chi connectivity index (χ1v) is 2.28. The Labute approximate surface area is 41.4 Å². The second kappa shape index (κ2) is 1.76. The first-order chi connectivity index (χ1) is 3.30. The summed E-state index contributed by atoms with van der Waals surface area (Å²) in [6.07, 6.45) is -0.931. The maximum Gasteiger partial charge on any atom is 0.141 e. The van der Waals surface area contributed by atoms with Gasteiger partial charge in [-0.15, -0.1) is 0 Å². The minimum absolute atomic E-state index is 0.182. The third-order valence-corrected chi connectivity index (χ3v) is 1.05. The predicted molar refractivity (Wildman–Crippen MR) is 23.7 cm³/mol. The van der Waals surface area contributed by atoms with Crippen LogP contribution in [0.3, 0.4) is 0 Å². The second-order valence-electron chi connectivity index (χ2n) is 1.72. The van der Waals surface area contributed by atoms with Crippen LogP contribution in [0.15, 0.2) is 0 Å². The molecule has 2 N–H and O–H groups in total. The van der Waals surface area contributed by atoms with E-state index in [-0.39, 0.29) is 12.6 Å². The van der Waals surface area contributed by atoms with Crippen molar-refractivity contribution in [2.75, 3.05) is 13.2 Å². The molecule has 0 bridgehead atoms. The summed E-state index contributed by atoms with van der Waals surface area (Å²) in [7, 11) is 0. The van der Waals surface area contributed by atoms with E-state index in [9.17, 15) is 4.39 Å². The fourth-order valence-corrected chi connectivity index (χ4v) is 0.545. The van der Waals surface area contributed by atoms with Gasteiger partial charge in [-0.25, -0.2) is 4.39 Å². The molecule has 0 aromatic rings. The summed E-state index contributed by atoms with van der Waals surface area (Å²) in [6, 6.07) is -0.375. The highest BCUT2D eigenvalue weighted by Crippen LogP contribution is 2.05. The number of hydrogen-bond donors (Lipinski definition) is 1. The average molecular weight is 105 g/mol. The van der Waals surface area contributed by atoms with Gasteiger partial charge in [0.1, 0.15) is 6.17 Å². The van der Waals surface area contributed by atoms with Crippen molar-refractivity contribution in [3.63, 3.8) is 0 Å². The lowest BCUT2D eigenvalue weighted by atomic mass is 10.3. The molecule has 0 aromatic carbocycles. The molecular weight excluding hydrogens is 97.0 g/mol. The summed E-state index contributed by atoms with van der Waals surface area (Å²) in [6.45, 7) is 0.558. The summed E-state index contributed by atoms with van der Waals surface area (Å²) in [4.78, 5) is 0. The Morgan fingerprint density at radius 3 is 2.43 bits per heavy atom. The summed E-state index contributed by atoms with van der Waals surface area (Å²) in [5, 5.41) is 0. The molecule has 0 amide bonds. The molecule has 1 fully saturated rings. The normalized spacial score (nSPS) is 42.0. The second-order valence-corrected chi connectivity index (χ2v) is 1.72. The zero-order chi connectivity index (χ0) is 5.28. The van der Waals surface area contributed by atoms with E-state index in [2.05, 4.69) is 4.74 Å². The number of rotatable bonds is 0. The topological polar surface area (TPSA) is 35.2 Å². The summed E-state index contributed by atoms with van der Waals surface area (Å²) in [5.74, 6) is 0. The highest BCUT2D eigenvalue weighted by atomic mass is 19.1. The quantitative estimate of drug-likeness (QED) is 0.458. The third kappa shape index (κ3) is 0.894. The molecular formula is C4H8FNO. The van der Waals surface area contributed by atoms with Gasteiger partial charge in [-0.1, -0.05) is 0 Å². The molecule has 7 heavy (non-hydrogen) atoms. The van der Waals surface area contributed by atoms with Crippen LogP contribution in [0.2, 0.25) is 0 Å². The first kappa shape index (κ1) is 5.00. The van der Waals surface area contributed by atoms with Crippen molar-refractivity contribution in [2.24, 2.45) is 5.73 Å². The van der Waals surface area contributed by atoms with Crippen LogP contribution in [0.25, 0.3) is 0 Å². The van der Waals surface area contributed by atoms with Gasteiger partial charge in [-0.2, -0.15) is 0 Å². The van der Waals surface area contributed by atoms with Gasteiger partial charge < -0.3 is 10.5 Å². The first-order valence-electron chi connectivity index (χ1n) is 2.28. The lowest BCUT2D eigenvalue weighted by Crippen LogP contribution is -2.29. The Morgan fingerprint density at radius 1 is 1.57 bits per heavy atom. The van der Waals surface area contributed by atoms with Crippen molar-refractivity contribution in [3.05, 3.63) is 0 Å². The average Bonchev–Trinajstić information content (AvgIpc) is 1.91. The molecule has 0 radical (unpaired) electrons. The summed E-state index contributed by atoms with van der Waals surface area (Å²) < 4.78 is 16.7. The number of nitrogens with two attached hydrogens (primary N) is 1. The zero-order valence-corrected chi connectivity index (χ0v) is 3.93. The molecule has 42 valence electrons. The van der Waals surface area contributed by atoms with Crippen LogP contribution in [-0.2, 0) is 4.74 Å². The number of halogens is 1. The minimum Gasteiger partial charge on any atom is -0.377 e. The van der Waals surface area contributed by atoms with Gasteiger partial charge >= 0.3 is 0 Å². The van der Waals surface area contributed by atoms with Crippen molar-refractivity contribution in [3.8, 4) is 0 Å². The van der Waals surface area contributed by atoms with E-state index in [1.807, 2.05) is 0 Å². The van der Waals surface area contributed by atoms with Crippen LogP contribution >= 0.6 is 0 Å². The molecule has 3 heteroatoms. The highest BCUT2D eigenvalue weighted by Gasteiger charge is 2.23. The van der Waals surface area contributed by atoms with E-state index in [1.165, 1.54) is 0 Å². The van der Waals surface area contributed by atoms with Crippen LogP contribution in [0, 0.1) is 0 Å². The predicted octanol–water partition coefficient (Wildman–Crippen LogP) is -0.318. The van der Waals surface area contributed by atoms with Crippen LogP contribution in [0.1, 0.15) is 0 Å².